The lowest BCUT2D eigenvalue weighted by atomic mass is 9.86. The van der Waals surface area contributed by atoms with Crippen molar-refractivity contribution in [2.75, 3.05) is 0 Å². The van der Waals surface area contributed by atoms with E-state index in [2.05, 4.69) is 14.9 Å². The fraction of sp³-hybridized carbons (Fsp3) is 0.692. The fourth-order valence-electron chi connectivity index (χ4n) is 1.68. The highest BCUT2D eigenvalue weighted by molar-refractivity contribution is 7.08. The predicted octanol–water partition coefficient (Wildman–Crippen LogP) is 2.06. The number of carbonyl (C=O) groups excluding carboxylic acids is 1. The lowest BCUT2D eigenvalue weighted by Crippen LogP contribution is -2.49. The summed E-state index contributed by atoms with van der Waals surface area (Å²) in [4.78, 5) is 23.9. The number of carbonyl (C=O) groups is 2. The number of nitrogens with zero attached hydrogens (tertiary/aromatic N) is 2. The van der Waals surface area contributed by atoms with Crippen molar-refractivity contribution in [3.63, 3.8) is 0 Å². The van der Waals surface area contributed by atoms with Gasteiger partial charge in [0.05, 0.1) is 5.69 Å². The van der Waals surface area contributed by atoms with Crippen LogP contribution in [-0.2, 0) is 10.2 Å². The van der Waals surface area contributed by atoms with E-state index in [-0.39, 0.29) is 5.41 Å². The Morgan fingerprint density at radius 3 is 2.15 bits per heavy atom. The average Bonchev–Trinajstić information content (AvgIpc) is 2.71. The topological polar surface area (TPSA) is 92.2 Å². The molecule has 1 amide bonds. The van der Waals surface area contributed by atoms with E-state index in [4.69, 9.17) is 0 Å². The minimum absolute atomic E-state index is 0.319. The van der Waals surface area contributed by atoms with Crippen molar-refractivity contribution in [3.8, 4) is 0 Å². The minimum atomic E-state index is -1.05. The number of hydrogen-bond acceptors (Lipinski definition) is 5. The van der Waals surface area contributed by atoms with Gasteiger partial charge in [0.15, 0.2) is 0 Å². The van der Waals surface area contributed by atoms with E-state index in [0.717, 1.165) is 11.5 Å². The summed E-state index contributed by atoms with van der Waals surface area (Å²) in [5.74, 6) is -1.49. The number of nitrogens with one attached hydrogen (secondary N) is 1. The SMILES string of the molecule is CC(C)(C)c1nnsc1C(=O)N[C@@H](C(=O)O)C(C)(C)C. The summed E-state index contributed by atoms with van der Waals surface area (Å²) < 4.78 is 3.81. The Bertz CT molecular complexity index is 512. The van der Waals surface area contributed by atoms with Crippen molar-refractivity contribution in [1.82, 2.24) is 14.9 Å². The van der Waals surface area contributed by atoms with E-state index in [1.54, 1.807) is 20.8 Å². The third-order valence-electron chi connectivity index (χ3n) is 2.79. The van der Waals surface area contributed by atoms with Gasteiger partial charge in [-0.2, -0.15) is 0 Å². The normalized spacial score (nSPS) is 13.9. The zero-order valence-corrected chi connectivity index (χ0v) is 13.5. The molecule has 0 unspecified atom stereocenters. The van der Waals surface area contributed by atoms with Crippen molar-refractivity contribution in [1.29, 1.82) is 0 Å². The molecule has 0 aliphatic heterocycles. The molecule has 6 nitrogen and oxygen atoms in total. The van der Waals surface area contributed by atoms with E-state index in [1.807, 2.05) is 20.8 Å². The summed E-state index contributed by atoms with van der Waals surface area (Å²) >= 11 is 0.983. The van der Waals surface area contributed by atoms with Crippen molar-refractivity contribution in [2.45, 2.75) is 53.0 Å². The highest BCUT2D eigenvalue weighted by atomic mass is 32.1. The van der Waals surface area contributed by atoms with Crippen molar-refractivity contribution >= 4 is 23.4 Å². The summed E-state index contributed by atoms with van der Waals surface area (Å²) in [6.45, 7) is 11.1. The first-order valence-corrected chi connectivity index (χ1v) is 7.08. The number of amides is 1. The summed E-state index contributed by atoms with van der Waals surface area (Å²) in [6, 6.07) is -0.968. The number of rotatable bonds is 3. The van der Waals surface area contributed by atoms with Gasteiger partial charge >= 0.3 is 5.97 Å². The maximum absolute atomic E-state index is 12.3. The molecule has 0 fully saturated rings. The molecule has 0 saturated heterocycles. The summed E-state index contributed by atoms with van der Waals surface area (Å²) in [6.07, 6.45) is 0. The minimum Gasteiger partial charge on any atom is -0.480 e. The number of carboxylic acid groups (broad SMARTS) is 1. The van der Waals surface area contributed by atoms with Gasteiger partial charge in [0, 0.05) is 5.41 Å². The van der Waals surface area contributed by atoms with Gasteiger partial charge in [0.1, 0.15) is 10.9 Å². The van der Waals surface area contributed by atoms with Gasteiger partial charge in [-0.3, -0.25) is 4.79 Å². The second kappa shape index (κ2) is 5.47. The van der Waals surface area contributed by atoms with E-state index in [1.165, 1.54) is 0 Å². The Hall–Kier alpha value is -1.50. The summed E-state index contributed by atoms with van der Waals surface area (Å²) in [5, 5.41) is 15.8. The number of aromatic nitrogens is 2. The van der Waals surface area contributed by atoms with Crippen LogP contribution in [-0.4, -0.2) is 32.6 Å². The molecule has 0 radical (unpaired) electrons. The van der Waals surface area contributed by atoms with E-state index < -0.39 is 23.3 Å². The van der Waals surface area contributed by atoms with Gasteiger partial charge in [-0.1, -0.05) is 46.0 Å². The number of carboxylic acids is 1. The van der Waals surface area contributed by atoms with Gasteiger partial charge in [-0.05, 0) is 16.9 Å². The molecule has 2 N–H and O–H groups in total. The van der Waals surface area contributed by atoms with E-state index >= 15 is 0 Å². The highest BCUT2D eigenvalue weighted by Gasteiger charge is 2.35. The Labute approximate surface area is 122 Å². The molecule has 0 spiro atoms. The third kappa shape index (κ3) is 3.75. The van der Waals surface area contributed by atoms with Crippen LogP contribution >= 0.6 is 11.5 Å². The molecule has 0 saturated carbocycles. The second-order valence-electron chi connectivity index (χ2n) is 6.81. The molecule has 112 valence electrons. The Morgan fingerprint density at radius 1 is 1.20 bits per heavy atom. The largest absolute Gasteiger partial charge is 0.480 e. The van der Waals surface area contributed by atoms with Crippen molar-refractivity contribution in [3.05, 3.63) is 10.6 Å². The molecule has 7 heteroatoms. The third-order valence-corrected chi connectivity index (χ3v) is 3.52. The van der Waals surface area contributed by atoms with Crippen LogP contribution in [0, 0.1) is 5.41 Å². The van der Waals surface area contributed by atoms with Gasteiger partial charge in [-0.25, -0.2) is 4.79 Å². The molecule has 1 aromatic heterocycles. The van der Waals surface area contributed by atoms with Gasteiger partial charge in [-0.15, -0.1) is 5.10 Å². The maximum atomic E-state index is 12.3. The summed E-state index contributed by atoms with van der Waals surface area (Å²) in [7, 11) is 0. The van der Waals surface area contributed by atoms with Crippen molar-refractivity contribution < 1.29 is 14.7 Å². The van der Waals surface area contributed by atoms with Gasteiger partial charge in [0.25, 0.3) is 5.91 Å². The molecule has 0 aliphatic rings. The van der Waals surface area contributed by atoms with Crippen LogP contribution in [0.25, 0.3) is 0 Å². The Kier molecular flexibility index (Phi) is 4.53. The zero-order chi connectivity index (χ0) is 15.7. The van der Waals surface area contributed by atoms with Gasteiger partial charge < -0.3 is 10.4 Å². The fourth-order valence-corrected chi connectivity index (χ4v) is 2.46. The van der Waals surface area contributed by atoms with Crippen LogP contribution in [0.2, 0.25) is 0 Å². The Morgan fingerprint density at radius 2 is 1.75 bits per heavy atom. The first kappa shape index (κ1) is 16.6. The van der Waals surface area contributed by atoms with E-state index in [0.29, 0.717) is 10.6 Å². The lowest BCUT2D eigenvalue weighted by Gasteiger charge is -2.27. The molecular weight excluding hydrogens is 278 g/mol. The zero-order valence-electron chi connectivity index (χ0n) is 12.6. The monoisotopic (exact) mass is 299 g/mol. The average molecular weight is 299 g/mol. The molecule has 1 rings (SSSR count). The second-order valence-corrected chi connectivity index (χ2v) is 7.57. The molecule has 0 aliphatic carbocycles. The quantitative estimate of drug-likeness (QED) is 0.891. The molecule has 20 heavy (non-hydrogen) atoms. The lowest BCUT2D eigenvalue weighted by molar-refractivity contribution is -0.142. The number of hydrogen-bond donors (Lipinski definition) is 2. The Balaban J connectivity index is 3.03. The standard InChI is InChI=1S/C13H21N3O3S/c1-12(2,3)8-7(20-16-15-8)10(17)14-9(11(18)19)13(4,5)6/h9H,1-6H3,(H,14,17)(H,18,19)/t9-/m0/s1. The summed E-state index contributed by atoms with van der Waals surface area (Å²) in [5.41, 5.74) is -0.320. The van der Waals surface area contributed by atoms with Crippen LogP contribution in [0.5, 0.6) is 0 Å². The predicted molar refractivity (Wildman–Crippen MR) is 77.0 cm³/mol. The molecule has 0 bridgehead atoms. The molecular formula is C13H21N3O3S. The molecule has 1 aromatic rings. The molecule has 1 atom stereocenters. The first-order chi connectivity index (χ1) is 8.94. The maximum Gasteiger partial charge on any atom is 0.326 e. The van der Waals surface area contributed by atoms with Crippen LogP contribution < -0.4 is 5.32 Å². The molecule has 1 heterocycles. The van der Waals surface area contributed by atoms with E-state index in [9.17, 15) is 14.7 Å². The van der Waals surface area contributed by atoms with Crippen LogP contribution in [0.15, 0.2) is 0 Å². The van der Waals surface area contributed by atoms with Crippen LogP contribution in [0.1, 0.15) is 56.9 Å². The van der Waals surface area contributed by atoms with Crippen LogP contribution in [0.4, 0.5) is 0 Å². The van der Waals surface area contributed by atoms with Crippen LogP contribution in [0.3, 0.4) is 0 Å². The van der Waals surface area contributed by atoms with Gasteiger partial charge in [0.2, 0.25) is 0 Å². The molecule has 0 aromatic carbocycles. The number of aliphatic carboxylic acids is 1. The highest BCUT2D eigenvalue weighted by Crippen LogP contribution is 2.26. The smallest absolute Gasteiger partial charge is 0.326 e. The first-order valence-electron chi connectivity index (χ1n) is 6.31. The van der Waals surface area contributed by atoms with Crippen molar-refractivity contribution in [2.24, 2.45) is 5.41 Å².